The van der Waals surface area contributed by atoms with Gasteiger partial charge in [-0.1, -0.05) is 12.5 Å². The first kappa shape index (κ1) is 23.6. The second kappa shape index (κ2) is 11.1. The van der Waals surface area contributed by atoms with E-state index in [1.807, 2.05) is 24.3 Å². The standard InChI is InChI=1S/C28H38N2O3/c1-21-17-24-12-15-30(28(31)27(24)18-22(21)2)20-23-7-4-5-13-29(19-23)14-6-16-33-26-10-8-25(32-3)9-11-26/h8-11,17-18,23H,4-7,12-16,19-20H2,1-3H3. The van der Waals surface area contributed by atoms with Gasteiger partial charge in [-0.2, -0.15) is 0 Å². The van der Waals surface area contributed by atoms with E-state index in [1.165, 1.54) is 36.0 Å². The number of benzene rings is 2. The lowest BCUT2D eigenvalue weighted by Crippen LogP contribution is -2.43. The first-order valence-electron chi connectivity index (χ1n) is 12.4. The average Bonchev–Trinajstić information content (AvgIpc) is 3.05. The first-order valence-corrected chi connectivity index (χ1v) is 12.4. The Hall–Kier alpha value is -2.53. The molecule has 0 spiro atoms. The molecule has 0 aromatic heterocycles. The number of carbonyl (C=O) groups is 1. The number of hydrogen-bond donors (Lipinski definition) is 0. The minimum absolute atomic E-state index is 0.225. The van der Waals surface area contributed by atoms with E-state index in [0.717, 1.165) is 62.6 Å². The van der Waals surface area contributed by atoms with Crippen LogP contribution in [0.2, 0.25) is 0 Å². The molecule has 2 aromatic carbocycles. The van der Waals surface area contributed by atoms with E-state index in [4.69, 9.17) is 9.47 Å². The van der Waals surface area contributed by atoms with Gasteiger partial charge >= 0.3 is 0 Å². The summed E-state index contributed by atoms with van der Waals surface area (Å²) in [5.41, 5.74) is 4.64. The lowest BCUT2D eigenvalue weighted by molar-refractivity contribution is 0.0695. The molecule has 1 unspecified atom stereocenters. The van der Waals surface area contributed by atoms with E-state index in [2.05, 4.69) is 35.8 Å². The number of amides is 1. The molecule has 0 radical (unpaired) electrons. The summed E-state index contributed by atoms with van der Waals surface area (Å²) in [5.74, 6) is 2.51. The lowest BCUT2D eigenvalue weighted by Gasteiger charge is -2.33. The number of carbonyl (C=O) groups excluding carboxylic acids is 1. The van der Waals surface area contributed by atoms with Crippen molar-refractivity contribution in [2.24, 2.45) is 5.92 Å². The van der Waals surface area contributed by atoms with E-state index >= 15 is 0 Å². The maximum atomic E-state index is 13.2. The maximum Gasteiger partial charge on any atom is 0.254 e. The average molecular weight is 451 g/mol. The van der Waals surface area contributed by atoms with Gasteiger partial charge in [-0.05, 0) is 99.0 Å². The fourth-order valence-corrected chi connectivity index (χ4v) is 5.11. The maximum absolute atomic E-state index is 13.2. The van der Waals surface area contributed by atoms with Crippen molar-refractivity contribution in [3.8, 4) is 11.5 Å². The Bertz CT molecular complexity index is 941. The predicted molar refractivity (Wildman–Crippen MR) is 132 cm³/mol. The molecule has 1 atom stereocenters. The van der Waals surface area contributed by atoms with Crippen LogP contribution in [-0.2, 0) is 6.42 Å². The summed E-state index contributed by atoms with van der Waals surface area (Å²) in [6.45, 7) is 9.94. The van der Waals surface area contributed by atoms with Crippen molar-refractivity contribution < 1.29 is 14.3 Å². The molecule has 0 bridgehead atoms. The quantitative estimate of drug-likeness (QED) is 0.538. The van der Waals surface area contributed by atoms with Gasteiger partial charge in [0.1, 0.15) is 11.5 Å². The van der Waals surface area contributed by atoms with Crippen LogP contribution in [0.3, 0.4) is 0 Å². The second-order valence-electron chi connectivity index (χ2n) is 9.63. The van der Waals surface area contributed by atoms with Crippen molar-refractivity contribution in [1.82, 2.24) is 9.80 Å². The number of hydrogen-bond acceptors (Lipinski definition) is 4. The summed E-state index contributed by atoms with van der Waals surface area (Å²) in [6, 6.07) is 12.1. The van der Waals surface area contributed by atoms with Crippen molar-refractivity contribution in [2.75, 3.05) is 46.4 Å². The fraction of sp³-hybridized carbons (Fsp3) is 0.536. The van der Waals surface area contributed by atoms with Crippen molar-refractivity contribution in [2.45, 2.75) is 46.0 Å². The van der Waals surface area contributed by atoms with Gasteiger partial charge in [-0.15, -0.1) is 0 Å². The monoisotopic (exact) mass is 450 g/mol. The van der Waals surface area contributed by atoms with Crippen LogP contribution >= 0.6 is 0 Å². The smallest absolute Gasteiger partial charge is 0.254 e. The Morgan fingerprint density at radius 1 is 1.00 bits per heavy atom. The zero-order valence-corrected chi connectivity index (χ0v) is 20.4. The van der Waals surface area contributed by atoms with Gasteiger partial charge in [0.2, 0.25) is 0 Å². The minimum atomic E-state index is 0.225. The van der Waals surface area contributed by atoms with E-state index in [1.54, 1.807) is 7.11 Å². The molecule has 178 valence electrons. The number of ether oxygens (including phenoxy) is 2. The molecule has 33 heavy (non-hydrogen) atoms. The van der Waals surface area contributed by atoms with Crippen molar-refractivity contribution >= 4 is 5.91 Å². The van der Waals surface area contributed by atoms with Crippen LogP contribution in [0.4, 0.5) is 0 Å². The highest BCUT2D eigenvalue weighted by atomic mass is 16.5. The molecule has 2 heterocycles. The van der Waals surface area contributed by atoms with Gasteiger partial charge in [0.05, 0.1) is 13.7 Å². The largest absolute Gasteiger partial charge is 0.497 e. The van der Waals surface area contributed by atoms with Gasteiger partial charge in [-0.25, -0.2) is 0 Å². The number of aryl methyl sites for hydroxylation is 2. The van der Waals surface area contributed by atoms with E-state index in [-0.39, 0.29) is 5.91 Å². The van der Waals surface area contributed by atoms with Gasteiger partial charge in [-0.3, -0.25) is 4.79 Å². The zero-order valence-electron chi connectivity index (χ0n) is 20.4. The van der Waals surface area contributed by atoms with Crippen LogP contribution < -0.4 is 9.47 Å². The summed E-state index contributed by atoms with van der Waals surface area (Å²) in [7, 11) is 1.67. The van der Waals surface area contributed by atoms with Crippen LogP contribution in [0.5, 0.6) is 11.5 Å². The highest BCUT2D eigenvalue weighted by molar-refractivity contribution is 5.97. The second-order valence-corrected chi connectivity index (χ2v) is 9.63. The molecule has 4 rings (SSSR count). The molecule has 2 aliphatic heterocycles. The number of fused-ring (bicyclic) bond motifs is 1. The predicted octanol–water partition coefficient (Wildman–Crippen LogP) is 4.88. The molecule has 0 saturated carbocycles. The summed E-state index contributed by atoms with van der Waals surface area (Å²) < 4.78 is 11.1. The van der Waals surface area contributed by atoms with Gasteiger partial charge in [0.15, 0.2) is 0 Å². The zero-order chi connectivity index (χ0) is 23.2. The summed E-state index contributed by atoms with van der Waals surface area (Å²) in [4.78, 5) is 17.9. The van der Waals surface area contributed by atoms with E-state index in [0.29, 0.717) is 12.5 Å². The lowest BCUT2D eigenvalue weighted by atomic mass is 9.93. The minimum Gasteiger partial charge on any atom is -0.497 e. The Kier molecular flexibility index (Phi) is 7.92. The van der Waals surface area contributed by atoms with Crippen LogP contribution in [0, 0.1) is 19.8 Å². The highest BCUT2D eigenvalue weighted by Gasteiger charge is 2.28. The SMILES string of the molecule is COc1ccc(OCCCN2CCCCC(CN3CCc4cc(C)c(C)cc4C3=O)C2)cc1. The Balaban J connectivity index is 1.26. The normalized spacial score (nSPS) is 19.2. The molecule has 0 N–H and O–H groups in total. The third kappa shape index (κ3) is 6.08. The Labute approximate surface area is 198 Å². The fourth-order valence-electron chi connectivity index (χ4n) is 5.11. The highest BCUT2D eigenvalue weighted by Crippen LogP contribution is 2.25. The third-order valence-electron chi connectivity index (χ3n) is 7.17. The summed E-state index contributed by atoms with van der Waals surface area (Å²) in [5, 5.41) is 0. The van der Waals surface area contributed by atoms with Crippen molar-refractivity contribution in [1.29, 1.82) is 0 Å². The van der Waals surface area contributed by atoms with Crippen LogP contribution in [0.15, 0.2) is 36.4 Å². The Morgan fingerprint density at radius 2 is 1.76 bits per heavy atom. The first-order chi connectivity index (χ1) is 16.0. The van der Waals surface area contributed by atoms with Gasteiger partial charge in [0, 0.05) is 31.7 Å². The summed E-state index contributed by atoms with van der Waals surface area (Å²) in [6.07, 6.45) is 5.68. The molecule has 1 amide bonds. The van der Waals surface area contributed by atoms with Crippen LogP contribution in [0.1, 0.15) is 52.7 Å². The number of methoxy groups -OCH3 is 1. The molecule has 1 fully saturated rings. The molecular formula is C28H38N2O3. The van der Waals surface area contributed by atoms with E-state index in [9.17, 15) is 4.79 Å². The molecule has 0 aliphatic carbocycles. The topological polar surface area (TPSA) is 42.0 Å². The summed E-state index contributed by atoms with van der Waals surface area (Å²) >= 11 is 0. The van der Waals surface area contributed by atoms with Gasteiger partial charge < -0.3 is 19.3 Å². The van der Waals surface area contributed by atoms with Gasteiger partial charge in [0.25, 0.3) is 5.91 Å². The van der Waals surface area contributed by atoms with Crippen LogP contribution in [-0.4, -0.2) is 62.1 Å². The molecule has 2 aliphatic rings. The molecule has 5 nitrogen and oxygen atoms in total. The molecule has 1 saturated heterocycles. The number of rotatable bonds is 8. The number of likely N-dealkylation sites (tertiary alicyclic amines) is 1. The number of nitrogens with zero attached hydrogens (tertiary/aromatic N) is 2. The van der Waals surface area contributed by atoms with E-state index < -0.39 is 0 Å². The van der Waals surface area contributed by atoms with Crippen LogP contribution in [0.25, 0.3) is 0 Å². The van der Waals surface area contributed by atoms with Crippen molar-refractivity contribution in [3.63, 3.8) is 0 Å². The van der Waals surface area contributed by atoms with Crippen molar-refractivity contribution in [3.05, 3.63) is 58.7 Å². The Morgan fingerprint density at radius 3 is 2.55 bits per heavy atom. The third-order valence-corrected chi connectivity index (χ3v) is 7.17. The molecule has 5 heteroatoms. The molecular weight excluding hydrogens is 412 g/mol. The molecule has 2 aromatic rings.